The van der Waals surface area contributed by atoms with Gasteiger partial charge in [-0.05, 0) is 6.92 Å². The Balaban J connectivity index is 2.96. The summed E-state index contributed by atoms with van der Waals surface area (Å²) in [5.74, 6) is 0.458. The summed E-state index contributed by atoms with van der Waals surface area (Å²) in [5, 5.41) is 0. The summed E-state index contributed by atoms with van der Waals surface area (Å²) in [6, 6.07) is 0. The molecule has 0 bridgehead atoms. The lowest BCUT2D eigenvalue weighted by molar-refractivity contribution is 1.21. The second-order valence-corrected chi connectivity index (χ2v) is 2.83. The zero-order valence-electron chi connectivity index (χ0n) is 7.33. The second kappa shape index (κ2) is 2.58. The van der Waals surface area contributed by atoms with E-state index in [1.165, 1.54) is 0 Å². The maximum atomic E-state index is 5.70. The number of H-pyrrole nitrogens is 1. The van der Waals surface area contributed by atoms with Crippen LogP contribution in [0.4, 0.5) is 5.82 Å². The van der Waals surface area contributed by atoms with Crippen LogP contribution in [0.1, 0.15) is 11.3 Å². The molecule has 0 aliphatic rings. The van der Waals surface area contributed by atoms with Gasteiger partial charge in [-0.1, -0.05) is 12.7 Å². The molecule has 0 atom stereocenters. The first kappa shape index (κ1) is 7.79. The molecule has 0 spiro atoms. The van der Waals surface area contributed by atoms with Crippen molar-refractivity contribution in [3.8, 4) is 0 Å². The summed E-state index contributed by atoms with van der Waals surface area (Å²) in [6.07, 6.45) is 3.36. The van der Waals surface area contributed by atoms with Crippen molar-refractivity contribution in [2.45, 2.75) is 6.92 Å². The van der Waals surface area contributed by atoms with Crippen LogP contribution in [0, 0.1) is 6.92 Å². The third kappa shape index (κ3) is 0.989. The fourth-order valence-electron chi connectivity index (χ4n) is 1.42. The van der Waals surface area contributed by atoms with Crippen LogP contribution in [0.25, 0.3) is 17.1 Å². The fraction of sp³-hybridized carbons (Fsp3) is 0.111. The summed E-state index contributed by atoms with van der Waals surface area (Å²) in [7, 11) is 0. The minimum Gasteiger partial charge on any atom is -0.382 e. The van der Waals surface area contributed by atoms with E-state index in [0.29, 0.717) is 11.3 Å². The standard InChI is InChI=1S/C9H10N4/c1-3-6-5(2)13-9(10)8-7(6)11-4-12-8/h3-4H,1H2,2H3,(H2,10,13)(H,11,12). The van der Waals surface area contributed by atoms with Crippen LogP contribution in [0.5, 0.6) is 0 Å². The van der Waals surface area contributed by atoms with Gasteiger partial charge in [-0.25, -0.2) is 9.97 Å². The van der Waals surface area contributed by atoms with Gasteiger partial charge in [-0.3, -0.25) is 0 Å². The van der Waals surface area contributed by atoms with Crippen molar-refractivity contribution in [1.82, 2.24) is 15.0 Å². The number of hydrogen-bond donors (Lipinski definition) is 2. The topological polar surface area (TPSA) is 67.6 Å². The number of nitrogens with one attached hydrogen (secondary N) is 1. The van der Waals surface area contributed by atoms with Crippen molar-refractivity contribution in [3.63, 3.8) is 0 Å². The van der Waals surface area contributed by atoms with Crippen LogP contribution in [0.15, 0.2) is 12.9 Å². The van der Waals surface area contributed by atoms with E-state index < -0.39 is 0 Å². The van der Waals surface area contributed by atoms with E-state index in [2.05, 4.69) is 21.5 Å². The number of aromatic nitrogens is 3. The van der Waals surface area contributed by atoms with Crippen LogP contribution in [-0.4, -0.2) is 15.0 Å². The van der Waals surface area contributed by atoms with Gasteiger partial charge >= 0.3 is 0 Å². The first-order valence-corrected chi connectivity index (χ1v) is 3.95. The molecule has 0 aliphatic heterocycles. The molecule has 2 rings (SSSR count). The molecule has 2 aromatic heterocycles. The minimum atomic E-state index is 0.458. The van der Waals surface area contributed by atoms with E-state index in [1.54, 1.807) is 12.4 Å². The highest BCUT2D eigenvalue weighted by atomic mass is 14.9. The Morgan fingerprint density at radius 3 is 3.08 bits per heavy atom. The summed E-state index contributed by atoms with van der Waals surface area (Å²) in [6.45, 7) is 5.62. The largest absolute Gasteiger partial charge is 0.382 e. The van der Waals surface area contributed by atoms with E-state index in [4.69, 9.17) is 5.73 Å². The normalized spacial score (nSPS) is 10.5. The predicted octanol–water partition coefficient (Wildman–Crippen LogP) is 1.49. The molecule has 0 aliphatic carbocycles. The monoisotopic (exact) mass is 174 g/mol. The van der Waals surface area contributed by atoms with Crippen molar-refractivity contribution in [1.29, 1.82) is 0 Å². The van der Waals surface area contributed by atoms with Gasteiger partial charge in [0, 0.05) is 11.3 Å². The zero-order chi connectivity index (χ0) is 9.42. The third-order valence-corrected chi connectivity index (χ3v) is 2.03. The second-order valence-electron chi connectivity index (χ2n) is 2.83. The number of nitrogens with zero attached hydrogens (tertiary/aromatic N) is 2. The lowest BCUT2D eigenvalue weighted by Gasteiger charge is -2.02. The molecule has 0 aromatic carbocycles. The van der Waals surface area contributed by atoms with Gasteiger partial charge in [-0.2, -0.15) is 0 Å². The Morgan fingerprint density at radius 2 is 2.38 bits per heavy atom. The molecule has 0 saturated heterocycles. The first-order valence-electron chi connectivity index (χ1n) is 3.95. The number of nitrogen functional groups attached to an aromatic ring is 1. The number of pyridine rings is 1. The number of aromatic amines is 1. The predicted molar refractivity (Wildman–Crippen MR) is 53.1 cm³/mol. The molecular formula is C9H10N4. The highest BCUT2D eigenvalue weighted by Gasteiger charge is 2.08. The van der Waals surface area contributed by atoms with Crippen LogP contribution in [0.2, 0.25) is 0 Å². The number of nitrogens with two attached hydrogens (primary N) is 1. The number of aryl methyl sites for hydroxylation is 1. The average Bonchev–Trinajstić information content (AvgIpc) is 2.53. The Kier molecular flexibility index (Phi) is 1.55. The lowest BCUT2D eigenvalue weighted by atomic mass is 10.1. The molecule has 0 saturated carbocycles. The molecule has 66 valence electrons. The summed E-state index contributed by atoms with van der Waals surface area (Å²) in [4.78, 5) is 11.3. The molecule has 4 nitrogen and oxygen atoms in total. The van der Waals surface area contributed by atoms with Crippen LogP contribution in [-0.2, 0) is 0 Å². The quantitative estimate of drug-likeness (QED) is 0.688. The third-order valence-electron chi connectivity index (χ3n) is 2.03. The molecular weight excluding hydrogens is 164 g/mol. The van der Waals surface area contributed by atoms with Gasteiger partial charge in [0.05, 0.1) is 11.8 Å². The lowest BCUT2D eigenvalue weighted by Crippen LogP contribution is -1.96. The summed E-state index contributed by atoms with van der Waals surface area (Å²) >= 11 is 0. The molecule has 0 radical (unpaired) electrons. The van der Waals surface area contributed by atoms with Gasteiger partial charge in [0.25, 0.3) is 0 Å². The minimum absolute atomic E-state index is 0.458. The van der Waals surface area contributed by atoms with E-state index in [9.17, 15) is 0 Å². The molecule has 0 amide bonds. The molecule has 4 heteroatoms. The van der Waals surface area contributed by atoms with Crippen molar-refractivity contribution >= 4 is 22.9 Å². The summed E-state index contributed by atoms with van der Waals surface area (Å²) < 4.78 is 0. The summed E-state index contributed by atoms with van der Waals surface area (Å²) in [5.41, 5.74) is 9.13. The average molecular weight is 174 g/mol. The maximum Gasteiger partial charge on any atom is 0.151 e. The Morgan fingerprint density at radius 1 is 1.62 bits per heavy atom. The van der Waals surface area contributed by atoms with Crippen molar-refractivity contribution in [2.75, 3.05) is 5.73 Å². The molecule has 13 heavy (non-hydrogen) atoms. The van der Waals surface area contributed by atoms with Crippen molar-refractivity contribution in [2.24, 2.45) is 0 Å². The maximum absolute atomic E-state index is 5.70. The Bertz CT molecular complexity index is 470. The van der Waals surface area contributed by atoms with Crippen LogP contribution in [0.3, 0.4) is 0 Å². The van der Waals surface area contributed by atoms with Crippen molar-refractivity contribution in [3.05, 3.63) is 24.2 Å². The van der Waals surface area contributed by atoms with E-state index in [0.717, 1.165) is 16.8 Å². The number of anilines is 1. The van der Waals surface area contributed by atoms with Crippen LogP contribution < -0.4 is 5.73 Å². The first-order chi connectivity index (χ1) is 6.24. The van der Waals surface area contributed by atoms with Gasteiger partial charge < -0.3 is 10.7 Å². The fourth-order valence-corrected chi connectivity index (χ4v) is 1.42. The SMILES string of the molecule is C=Cc1c(C)nc(N)c2nc[nH]c12. The number of hydrogen-bond acceptors (Lipinski definition) is 3. The molecule has 2 heterocycles. The van der Waals surface area contributed by atoms with Gasteiger partial charge in [0.15, 0.2) is 5.82 Å². The van der Waals surface area contributed by atoms with E-state index in [1.807, 2.05) is 6.92 Å². The van der Waals surface area contributed by atoms with E-state index >= 15 is 0 Å². The number of fused-ring (bicyclic) bond motifs is 1. The molecule has 3 N–H and O–H groups in total. The van der Waals surface area contributed by atoms with Crippen LogP contribution >= 0.6 is 0 Å². The van der Waals surface area contributed by atoms with Crippen molar-refractivity contribution < 1.29 is 0 Å². The van der Waals surface area contributed by atoms with Gasteiger partial charge in [-0.15, -0.1) is 0 Å². The molecule has 0 fully saturated rings. The van der Waals surface area contributed by atoms with Gasteiger partial charge in [0.2, 0.25) is 0 Å². The zero-order valence-corrected chi connectivity index (χ0v) is 7.33. The Labute approximate surface area is 75.5 Å². The Hall–Kier alpha value is -1.84. The number of rotatable bonds is 1. The van der Waals surface area contributed by atoms with Gasteiger partial charge in [0.1, 0.15) is 5.52 Å². The number of imidazole rings is 1. The smallest absolute Gasteiger partial charge is 0.151 e. The highest BCUT2D eigenvalue weighted by molar-refractivity contribution is 5.91. The van der Waals surface area contributed by atoms with E-state index in [-0.39, 0.29) is 0 Å². The highest BCUT2D eigenvalue weighted by Crippen LogP contribution is 2.22. The molecule has 2 aromatic rings. The molecule has 0 unspecified atom stereocenters.